The van der Waals surface area contributed by atoms with E-state index >= 15 is 0 Å². The van der Waals surface area contributed by atoms with Gasteiger partial charge in [-0.3, -0.25) is 13.8 Å². The van der Waals surface area contributed by atoms with Crippen molar-refractivity contribution in [2.24, 2.45) is 11.8 Å². The van der Waals surface area contributed by atoms with Crippen molar-refractivity contribution < 1.29 is 13.8 Å². The van der Waals surface area contributed by atoms with Crippen molar-refractivity contribution in [1.29, 1.82) is 0 Å². The Kier molecular flexibility index (Phi) is 5.71. The van der Waals surface area contributed by atoms with E-state index in [1.165, 1.54) is 0 Å². The van der Waals surface area contributed by atoms with Crippen LogP contribution in [0, 0.1) is 11.8 Å². The van der Waals surface area contributed by atoms with Crippen LogP contribution >= 0.6 is 0 Å². The van der Waals surface area contributed by atoms with Crippen molar-refractivity contribution in [3.8, 4) is 0 Å². The third-order valence-corrected chi connectivity index (χ3v) is 5.05. The summed E-state index contributed by atoms with van der Waals surface area (Å²) < 4.78 is 12.2. The Hall–Kier alpha value is -1.69. The summed E-state index contributed by atoms with van der Waals surface area (Å²) in [6, 6.07) is 6.88. The second-order valence-corrected chi connectivity index (χ2v) is 7.04. The Morgan fingerprint density at radius 3 is 2.73 bits per heavy atom. The van der Waals surface area contributed by atoms with Crippen molar-refractivity contribution in [2.45, 2.75) is 31.6 Å². The van der Waals surface area contributed by atoms with Crippen LogP contribution in [0.3, 0.4) is 0 Å². The van der Waals surface area contributed by atoms with Crippen molar-refractivity contribution >= 4 is 28.3 Å². The van der Waals surface area contributed by atoms with Crippen LogP contribution in [0.1, 0.15) is 26.7 Å². The molecule has 0 radical (unpaired) electrons. The number of hydrogen-bond acceptors (Lipinski definition) is 3. The lowest BCUT2D eigenvalue weighted by Gasteiger charge is -2.12. The molecule has 0 unspecified atom stereocenters. The second kappa shape index (κ2) is 7.54. The lowest BCUT2D eigenvalue weighted by molar-refractivity contribution is -0.120. The van der Waals surface area contributed by atoms with Crippen molar-refractivity contribution in [2.75, 3.05) is 17.6 Å². The van der Waals surface area contributed by atoms with Crippen LogP contribution in [0.5, 0.6) is 0 Å². The SMILES string of the molecule is CCNC(=O)C[S@](=O)c1cccc(NC(=O)[C@H](C)C2CC2)c1. The third kappa shape index (κ3) is 4.66. The van der Waals surface area contributed by atoms with E-state index < -0.39 is 10.8 Å². The normalized spacial score (nSPS) is 16.6. The van der Waals surface area contributed by atoms with Crippen LogP contribution in [-0.4, -0.2) is 28.3 Å². The van der Waals surface area contributed by atoms with Gasteiger partial charge in [-0.15, -0.1) is 0 Å². The van der Waals surface area contributed by atoms with E-state index in [0.717, 1.165) is 12.8 Å². The molecule has 1 fully saturated rings. The van der Waals surface area contributed by atoms with Crippen LogP contribution in [0.15, 0.2) is 29.2 Å². The molecule has 0 bridgehead atoms. The van der Waals surface area contributed by atoms with E-state index in [1.807, 2.05) is 13.8 Å². The molecule has 0 saturated heterocycles. The van der Waals surface area contributed by atoms with E-state index in [1.54, 1.807) is 24.3 Å². The molecule has 0 aliphatic heterocycles. The molecular weight excluding hydrogens is 300 g/mol. The second-order valence-electron chi connectivity index (χ2n) is 5.59. The molecule has 0 heterocycles. The van der Waals surface area contributed by atoms with Gasteiger partial charge in [-0.05, 0) is 43.9 Å². The molecule has 0 aromatic heterocycles. The molecule has 5 nitrogen and oxygen atoms in total. The summed E-state index contributed by atoms with van der Waals surface area (Å²) >= 11 is 0. The Labute approximate surface area is 133 Å². The van der Waals surface area contributed by atoms with Gasteiger partial charge < -0.3 is 10.6 Å². The molecule has 1 saturated carbocycles. The number of nitrogens with one attached hydrogen (secondary N) is 2. The lowest BCUT2D eigenvalue weighted by Crippen LogP contribution is -2.27. The molecule has 1 aromatic carbocycles. The molecule has 2 N–H and O–H groups in total. The molecule has 120 valence electrons. The number of benzene rings is 1. The smallest absolute Gasteiger partial charge is 0.232 e. The molecule has 2 atom stereocenters. The van der Waals surface area contributed by atoms with E-state index in [4.69, 9.17) is 0 Å². The van der Waals surface area contributed by atoms with Crippen LogP contribution in [0.25, 0.3) is 0 Å². The Balaban J connectivity index is 1.98. The molecule has 2 rings (SSSR count). The number of anilines is 1. The van der Waals surface area contributed by atoms with Gasteiger partial charge >= 0.3 is 0 Å². The van der Waals surface area contributed by atoms with Crippen LogP contribution < -0.4 is 10.6 Å². The van der Waals surface area contributed by atoms with E-state index in [0.29, 0.717) is 23.0 Å². The minimum atomic E-state index is -1.41. The largest absolute Gasteiger partial charge is 0.356 e. The highest BCUT2D eigenvalue weighted by molar-refractivity contribution is 7.85. The monoisotopic (exact) mass is 322 g/mol. The first-order valence-electron chi connectivity index (χ1n) is 7.57. The maximum absolute atomic E-state index is 12.2. The summed E-state index contributed by atoms with van der Waals surface area (Å²) in [6.45, 7) is 4.27. The Morgan fingerprint density at radius 2 is 2.09 bits per heavy atom. The summed E-state index contributed by atoms with van der Waals surface area (Å²) in [7, 11) is -1.41. The minimum absolute atomic E-state index is 0.00415. The fraction of sp³-hybridized carbons (Fsp3) is 0.500. The summed E-state index contributed by atoms with van der Waals surface area (Å²) in [4.78, 5) is 24.1. The van der Waals surface area contributed by atoms with Gasteiger partial charge in [0, 0.05) is 23.0 Å². The maximum Gasteiger partial charge on any atom is 0.232 e. The summed E-state index contributed by atoms with van der Waals surface area (Å²) in [6.07, 6.45) is 2.23. The molecule has 0 spiro atoms. The van der Waals surface area contributed by atoms with Gasteiger partial charge in [0.15, 0.2) is 0 Å². The highest BCUT2D eigenvalue weighted by atomic mass is 32.2. The quantitative estimate of drug-likeness (QED) is 0.805. The average Bonchev–Trinajstić information content (AvgIpc) is 3.31. The third-order valence-electron chi connectivity index (χ3n) is 3.74. The average molecular weight is 322 g/mol. The van der Waals surface area contributed by atoms with Crippen molar-refractivity contribution in [1.82, 2.24) is 5.32 Å². The van der Waals surface area contributed by atoms with Gasteiger partial charge in [-0.1, -0.05) is 13.0 Å². The zero-order valence-electron chi connectivity index (χ0n) is 12.9. The number of carbonyl (C=O) groups excluding carboxylic acids is 2. The number of hydrogen-bond donors (Lipinski definition) is 2. The first-order valence-corrected chi connectivity index (χ1v) is 8.89. The van der Waals surface area contributed by atoms with E-state index in [-0.39, 0.29) is 23.5 Å². The van der Waals surface area contributed by atoms with Crippen LogP contribution in [0.4, 0.5) is 5.69 Å². The highest BCUT2D eigenvalue weighted by Gasteiger charge is 2.32. The molecular formula is C16H22N2O3S. The highest BCUT2D eigenvalue weighted by Crippen LogP contribution is 2.37. The molecule has 1 aliphatic rings. The van der Waals surface area contributed by atoms with Gasteiger partial charge in [0.2, 0.25) is 11.8 Å². The first kappa shape index (κ1) is 16.7. The number of amides is 2. The predicted molar refractivity (Wildman–Crippen MR) is 86.9 cm³/mol. The first-order chi connectivity index (χ1) is 10.5. The fourth-order valence-electron chi connectivity index (χ4n) is 2.23. The Bertz CT molecular complexity index is 585. The molecule has 1 aromatic rings. The molecule has 2 amide bonds. The van der Waals surface area contributed by atoms with Crippen molar-refractivity contribution in [3.63, 3.8) is 0 Å². The van der Waals surface area contributed by atoms with Crippen molar-refractivity contribution in [3.05, 3.63) is 24.3 Å². The van der Waals surface area contributed by atoms with Gasteiger partial charge in [0.25, 0.3) is 0 Å². The predicted octanol–water partition coefficient (Wildman–Crippen LogP) is 1.91. The number of carbonyl (C=O) groups is 2. The zero-order valence-corrected chi connectivity index (χ0v) is 13.7. The van der Waals surface area contributed by atoms with E-state index in [2.05, 4.69) is 10.6 Å². The number of rotatable bonds is 7. The Morgan fingerprint density at radius 1 is 1.36 bits per heavy atom. The summed E-state index contributed by atoms with van der Waals surface area (Å²) in [5.41, 5.74) is 0.624. The summed E-state index contributed by atoms with van der Waals surface area (Å²) in [5, 5.41) is 5.49. The van der Waals surface area contributed by atoms with Gasteiger partial charge in [-0.25, -0.2) is 0 Å². The van der Waals surface area contributed by atoms with Crippen LogP contribution in [0.2, 0.25) is 0 Å². The summed E-state index contributed by atoms with van der Waals surface area (Å²) in [5.74, 6) is 0.190. The van der Waals surface area contributed by atoms with Gasteiger partial charge in [0.05, 0.1) is 10.8 Å². The fourth-order valence-corrected chi connectivity index (χ4v) is 3.23. The lowest BCUT2D eigenvalue weighted by atomic mass is 10.1. The molecule has 6 heteroatoms. The van der Waals surface area contributed by atoms with Gasteiger partial charge in [0.1, 0.15) is 5.75 Å². The van der Waals surface area contributed by atoms with E-state index in [9.17, 15) is 13.8 Å². The minimum Gasteiger partial charge on any atom is -0.356 e. The van der Waals surface area contributed by atoms with Crippen LogP contribution in [-0.2, 0) is 20.4 Å². The zero-order chi connectivity index (χ0) is 16.1. The molecule has 22 heavy (non-hydrogen) atoms. The topological polar surface area (TPSA) is 75.3 Å². The standard InChI is InChI=1S/C16H22N2O3S/c1-3-17-15(19)10-22(21)14-6-4-5-13(9-14)18-16(20)11(2)12-7-8-12/h4-6,9,11-12H,3,7-8,10H2,1-2H3,(H,17,19)(H,18,20)/t11-,22+/m1/s1. The molecule has 1 aliphatic carbocycles. The maximum atomic E-state index is 12.2. The van der Waals surface area contributed by atoms with Gasteiger partial charge in [-0.2, -0.15) is 0 Å².